The second-order valence-electron chi connectivity index (χ2n) is 6.91. The predicted octanol–water partition coefficient (Wildman–Crippen LogP) is 2.58. The van der Waals surface area contributed by atoms with Crippen LogP contribution >= 0.6 is 0 Å². The van der Waals surface area contributed by atoms with E-state index in [2.05, 4.69) is 41.2 Å². The van der Waals surface area contributed by atoms with Crippen LogP contribution in [0.5, 0.6) is 5.75 Å². The molecule has 26 heavy (non-hydrogen) atoms. The minimum atomic E-state index is -0.183. The predicted molar refractivity (Wildman–Crippen MR) is 101 cm³/mol. The van der Waals surface area contributed by atoms with Gasteiger partial charge in [0.1, 0.15) is 11.8 Å². The molecule has 2 aromatic rings. The number of carbonyl (C=O) groups is 1. The lowest BCUT2D eigenvalue weighted by atomic mass is 9.98. The van der Waals surface area contributed by atoms with Crippen molar-refractivity contribution in [3.8, 4) is 5.75 Å². The Balaban J connectivity index is 1.38. The summed E-state index contributed by atoms with van der Waals surface area (Å²) < 4.78 is 5.49. The minimum absolute atomic E-state index is 0.136. The van der Waals surface area contributed by atoms with Gasteiger partial charge >= 0.3 is 0 Å². The summed E-state index contributed by atoms with van der Waals surface area (Å²) in [4.78, 5) is 14.9. The van der Waals surface area contributed by atoms with Crippen LogP contribution in [-0.4, -0.2) is 30.0 Å². The molecule has 1 saturated heterocycles. The van der Waals surface area contributed by atoms with Crippen LogP contribution in [0.4, 0.5) is 0 Å². The fourth-order valence-electron chi connectivity index (χ4n) is 3.80. The Morgan fingerprint density at radius 2 is 1.88 bits per heavy atom. The zero-order valence-corrected chi connectivity index (χ0v) is 15.1. The molecule has 0 saturated carbocycles. The van der Waals surface area contributed by atoms with Crippen LogP contribution in [0.15, 0.2) is 48.5 Å². The molecule has 2 aliphatic heterocycles. The Morgan fingerprint density at radius 1 is 1.12 bits per heavy atom. The van der Waals surface area contributed by atoms with Crippen LogP contribution in [0.1, 0.15) is 36.1 Å². The van der Waals surface area contributed by atoms with Crippen molar-refractivity contribution >= 4 is 5.91 Å². The lowest BCUT2D eigenvalue weighted by Crippen LogP contribution is -2.47. The van der Waals surface area contributed by atoms with Gasteiger partial charge in [-0.2, -0.15) is 0 Å². The van der Waals surface area contributed by atoms with Gasteiger partial charge in [-0.05, 0) is 48.6 Å². The van der Waals surface area contributed by atoms with E-state index in [9.17, 15) is 4.79 Å². The second kappa shape index (κ2) is 7.48. The molecular formula is C21H25N3O2. The standard InChI is InChI=1S/C21H25N3O2/c1-2-26-18-9-7-16(8-10-18)19-13-20(23-22-19)21(25)24-12-11-15-5-3-4-6-17(15)14-24/h3-10,19-20,22-23H,2,11-14H2,1H3. The number of ether oxygens (including phenoxy) is 1. The molecule has 2 aromatic carbocycles. The number of fused-ring (bicyclic) bond motifs is 1. The van der Waals surface area contributed by atoms with E-state index in [0.717, 1.165) is 25.1 Å². The number of nitrogens with zero attached hydrogens (tertiary/aromatic N) is 1. The van der Waals surface area contributed by atoms with Crippen molar-refractivity contribution in [2.75, 3.05) is 13.2 Å². The van der Waals surface area contributed by atoms with Gasteiger partial charge in [-0.3, -0.25) is 4.79 Å². The highest BCUT2D eigenvalue weighted by atomic mass is 16.5. The van der Waals surface area contributed by atoms with E-state index in [1.165, 1.54) is 16.7 Å². The summed E-state index contributed by atoms with van der Waals surface area (Å²) in [5.41, 5.74) is 10.3. The van der Waals surface area contributed by atoms with Crippen LogP contribution in [0.2, 0.25) is 0 Å². The average Bonchev–Trinajstić information content (AvgIpc) is 3.18. The van der Waals surface area contributed by atoms with E-state index < -0.39 is 0 Å². The van der Waals surface area contributed by atoms with Gasteiger partial charge in [0, 0.05) is 19.1 Å². The maximum atomic E-state index is 12.9. The molecule has 0 spiro atoms. The molecule has 2 heterocycles. The van der Waals surface area contributed by atoms with Crippen molar-refractivity contribution in [2.24, 2.45) is 0 Å². The van der Waals surface area contributed by atoms with Crippen LogP contribution in [-0.2, 0) is 17.8 Å². The van der Waals surface area contributed by atoms with Crippen LogP contribution < -0.4 is 15.6 Å². The number of benzene rings is 2. The van der Waals surface area contributed by atoms with Gasteiger partial charge in [0.05, 0.1) is 6.61 Å². The number of hydrogen-bond acceptors (Lipinski definition) is 4. The largest absolute Gasteiger partial charge is 0.494 e. The summed E-state index contributed by atoms with van der Waals surface area (Å²) in [6.07, 6.45) is 1.69. The maximum absolute atomic E-state index is 12.9. The van der Waals surface area contributed by atoms with Gasteiger partial charge in [-0.1, -0.05) is 36.4 Å². The molecule has 2 aliphatic rings. The lowest BCUT2D eigenvalue weighted by molar-refractivity contribution is -0.134. The Morgan fingerprint density at radius 3 is 2.65 bits per heavy atom. The molecule has 0 bridgehead atoms. The van der Waals surface area contributed by atoms with Gasteiger partial charge in [0.25, 0.3) is 0 Å². The first kappa shape index (κ1) is 17.1. The monoisotopic (exact) mass is 351 g/mol. The molecular weight excluding hydrogens is 326 g/mol. The highest BCUT2D eigenvalue weighted by Crippen LogP contribution is 2.26. The molecule has 5 nitrogen and oxygen atoms in total. The van der Waals surface area contributed by atoms with Crippen LogP contribution in [0, 0.1) is 0 Å². The number of rotatable bonds is 4. The van der Waals surface area contributed by atoms with Crippen LogP contribution in [0.25, 0.3) is 0 Å². The van der Waals surface area contributed by atoms with E-state index in [0.29, 0.717) is 13.2 Å². The summed E-state index contributed by atoms with van der Waals surface area (Å²) in [7, 11) is 0. The summed E-state index contributed by atoms with van der Waals surface area (Å²) >= 11 is 0. The molecule has 4 rings (SSSR count). The van der Waals surface area contributed by atoms with Gasteiger partial charge in [0.2, 0.25) is 5.91 Å². The number of carbonyl (C=O) groups excluding carboxylic acids is 1. The third-order valence-electron chi connectivity index (χ3n) is 5.24. The van der Waals surface area contributed by atoms with Crippen molar-refractivity contribution < 1.29 is 9.53 Å². The van der Waals surface area contributed by atoms with Gasteiger partial charge in [0.15, 0.2) is 0 Å². The summed E-state index contributed by atoms with van der Waals surface area (Å²) in [5.74, 6) is 1.06. The molecule has 5 heteroatoms. The van der Waals surface area contributed by atoms with Crippen molar-refractivity contribution in [1.82, 2.24) is 15.8 Å². The number of amides is 1. The third-order valence-corrected chi connectivity index (χ3v) is 5.24. The molecule has 2 unspecified atom stereocenters. The van der Waals surface area contributed by atoms with Crippen molar-refractivity contribution in [3.05, 3.63) is 65.2 Å². The number of nitrogens with one attached hydrogen (secondary N) is 2. The summed E-state index contributed by atoms with van der Waals surface area (Å²) in [6, 6.07) is 16.4. The highest BCUT2D eigenvalue weighted by Gasteiger charge is 2.33. The normalized spacial score (nSPS) is 22.1. The minimum Gasteiger partial charge on any atom is -0.494 e. The zero-order valence-electron chi connectivity index (χ0n) is 15.1. The van der Waals surface area contributed by atoms with Crippen molar-refractivity contribution in [3.63, 3.8) is 0 Å². The Kier molecular flexibility index (Phi) is 4.91. The first-order chi connectivity index (χ1) is 12.7. The molecule has 0 aromatic heterocycles. The SMILES string of the molecule is CCOc1ccc(C2CC(C(=O)N3CCc4ccccc4C3)NN2)cc1. The smallest absolute Gasteiger partial charge is 0.241 e. The van der Waals surface area contributed by atoms with E-state index >= 15 is 0 Å². The Hall–Kier alpha value is -2.37. The molecule has 0 radical (unpaired) electrons. The summed E-state index contributed by atoms with van der Waals surface area (Å²) in [6.45, 7) is 4.15. The molecule has 136 valence electrons. The van der Waals surface area contributed by atoms with Gasteiger partial charge in [-0.15, -0.1) is 0 Å². The third kappa shape index (κ3) is 3.45. The first-order valence-electron chi connectivity index (χ1n) is 9.34. The van der Waals surface area contributed by atoms with E-state index in [1.807, 2.05) is 30.0 Å². The average molecular weight is 351 g/mol. The first-order valence-corrected chi connectivity index (χ1v) is 9.34. The fourth-order valence-corrected chi connectivity index (χ4v) is 3.80. The second-order valence-corrected chi connectivity index (χ2v) is 6.91. The van der Waals surface area contributed by atoms with Gasteiger partial charge < -0.3 is 9.64 Å². The van der Waals surface area contributed by atoms with E-state index in [4.69, 9.17) is 4.74 Å². The van der Waals surface area contributed by atoms with Crippen LogP contribution in [0.3, 0.4) is 0 Å². The molecule has 1 amide bonds. The summed E-state index contributed by atoms with van der Waals surface area (Å²) in [5, 5.41) is 0. The number of hydrogen-bond donors (Lipinski definition) is 2. The van der Waals surface area contributed by atoms with Gasteiger partial charge in [-0.25, -0.2) is 10.9 Å². The molecule has 1 fully saturated rings. The topological polar surface area (TPSA) is 53.6 Å². The Bertz CT molecular complexity index is 775. The zero-order chi connectivity index (χ0) is 17.9. The fraction of sp³-hybridized carbons (Fsp3) is 0.381. The maximum Gasteiger partial charge on any atom is 0.241 e. The Labute approximate surface area is 154 Å². The van der Waals surface area contributed by atoms with Crippen molar-refractivity contribution in [2.45, 2.75) is 38.4 Å². The highest BCUT2D eigenvalue weighted by molar-refractivity contribution is 5.82. The van der Waals surface area contributed by atoms with Crippen molar-refractivity contribution in [1.29, 1.82) is 0 Å². The van der Waals surface area contributed by atoms with E-state index in [1.54, 1.807) is 0 Å². The van der Waals surface area contributed by atoms with E-state index in [-0.39, 0.29) is 18.0 Å². The molecule has 0 aliphatic carbocycles. The quantitative estimate of drug-likeness (QED) is 0.889. The lowest BCUT2D eigenvalue weighted by Gasteiger charge is -2.30. The molecule has 2 N–H and O–H groups in total. The molecule has 2 atom stereocenters. The number of hydrazine groups is 1.